The van der Waals surface area contributed by atoms with Gasteiger partial charge in [0, 0.05) is 25.4 Å². The van der Waals surface area contributed by atoms with Gasteiger partial charge in [0.05, 0.1) is 6.54 Å². The molecule has 25 heavy (non-hydrogen) atoms. The van der Waals surface area contributed by atoms with Gasteiger partial charge in [-0.15, -0.1) is 0 Å². The molecule has 0 unspecified atom stereocenters. The molecule has 2 heterocycles. The van der Waals surface area contributed by atoms with Crippen molar-refractivity contribution in [3.8, 4) is 0 Å². The van der Waals surface area contributed by atoms with Gasteiger partial charge in [0.2, 0.25) is 5.91 Å². The predicted molar refractivity (Wildman–Crippen MR) is 96.9 cm³/mol. The Morgan fingerprint density at radius 1 is 1.28 bits per heavy atom. The average molecular weight is 342 g/mol. The molecule has 3 rings (SSSR count). The number of amides is 2. The lowest BCUT2D eigenvalue weighted by Crippen LogP contribution is -2.44. The smallest absolute Gasteiger partial charge is 0.267 e. The summed E-state index contributed by atoms with van der Waals surface area (Å²) in [6.07, 6.45) is 3.07. The Morgan fingerprint density at radius 2 is 2.08 bits per heavy atom. The van der Waals surface area contributed by atoms with Crippen molar-refractivity contribution in [2.45, 2.75) is 45.2 Å². The first-order valence-electron chi connectivity index (χ1n) is 9.11. The number of benzene rings is 1. The van der Waals surface area contributed by atoms with Gasteiger partial charge in [-0.2, -0.15) is 5.10 Å². The number of likely N-dealkylation sites (N-methyl/N-ethyl adjacent to an activating group) is 1. The Morgan fingerprint density at radius 3 is 2.84 bits per heavy atom. The maximum atomic E-state index is 12.5. The van der Waals surface area contributed by atoms with Crippen molar-refractivity contribution in [3.05, 3.63) is 35.9 Å². The van der Waals surface area contributed by atoms with Crippen LogP contribution in [0.15, 0.2) is 35.4 Å². The number of nitrogens with one attached hydrogen (secondary N) is 1. The number of hydrogen-bond acceptors (Lipinski definition) is 4. The highest BCUT2D eigenvalue weighted by Gasteiger charge is 2.27. The Balaban J connectivity index is 1.59. The molecule has 0 radical (unpaired) electrons. The van der Waals surface area contributed by atoms with Gasteiger partial charge in [0.25, 0.3) is 5.91 Å². The Kier molecular flexibility index (Phi) is 5.81. The fraction of sp³-hybridized carbons (Fsp3) is 0.526. The molecule has 0 aromatic heterocycles. The SMILES string of the molecule is CCN1CCC[C@H]1CNC(=O)C1=NN(Cc2ccccc2)C(=O)CC1. The van der Waals surface area contributed by atoms with Gasteiger partial charge in [-0.1, -0.05) is 37.3 Å². The molecule has 6 nitrogen and oxygen atoms in total. The van der Waals surface area contributed by atoms with Crippen LogP contribution in [-0.4, -0.2) is 53.1 Å². The number of likely N-dealkylation sites (tertiary alicyclic amines) is 1. The normalized spacial score (nSPS) is 21.3. The molecule has 2 amide bonds. The number of hydrazone groups is 1. The van der Waals surface area contributed by atoms with Crippen LogP contribution >= 0.6 is 0 Å². The van der Waals surface area contributed by atoms with E-state index < -0.39 is 0 Å². The standard InChI is InChI=1S/C19H26N4O2/c1-2-22-12-6-9-16(22)13-20-19(25)17-10-11-18(24)23(21-17)14-15-7-4-3-5-8-15/h3-5,7-8,16H,2,6,9-14H2,1H3,(H,20,25)/t16-/m0/s1. The lowest BCUT2D eigenvalue weighted by molar-refractivity contribution is -0.132. The summed E-state index contributed by atoms with van der Waals surface area (Å²) in [5.74, 6) is -0.179. The average Bonchev–Trinajstić information content (AvgIpc) is 3.10. The molecule has 1 atom stereocenters. The second kappa shape index (κ2) is 8.25. The molecule has 1 fully saturated rings. The van der Waals surface area contributed by atoms with Crippen molar-refractivity contribution in [2.75, 3.05) is 19.6 Å². The summed E-state index contributed by atoms with van der Waals surface area (Å²) >= 11 is 0. The number of carbonyl (C=O) groups excluding carboxylic acids is 2. The minimum atomic E-state index is -0.145. The topological polar surface area (TPSA) is 65.0 Å². The Hall–Kier alpha value is -2.21. The lowest BCUT2D eigenvalue weighted by atomic mass is 10.1. The molecule has 1 aromatic rings. The molecule has 2 aliphatic rings. The molecule has 0 saturated carbocycles. The highest BCUT2D eigenvalue weighted by Crippen LogP contribution is 2.16. The summed E-state index contributed by atoms with van der Waals surface area (Å²) in [5.41, 5.74) is 1.46. The zero-order valence-corrected chi connectivity index (χ0v) is 14.8. The molecule has 1 saturated heterocycles. The monoisotopic (exact) mass is 342 g/mol. The van der Waals surface area contributed by atoms with Crippen molar-refractivity contribution in [2.24, 2.45) is 5.10 Å². The van der Waals surface area contributed by atoms with E-state index in [2.05, 4.69) is 22.2 Å². The molecular formula is C19H26N4O2. The fourth-order valence-corrected chi connectivity index (χ4v) is 3.50. The first-order valence-corrected chi connectivity index (χ1v) is 9.11. The minimum absolute atomic E-state index is 0.0339. The summed E-state index contributed by atoms with van der Waals surface area (Å²) in [6, 6.07) is 10.1. The first-order chi connectivity index (χ1) is 12.2. The van der Waals surface area contributed by atoms with E-state index >= 15 is 0 Å². The summed E-state index contributed by atoms with van der Waals surface area (Å²) in [4.78, 5) is 26.9. The third-order valence-electron chi connectivity index (χ3n) is 4.95. The van der Waals surface area contributed by atoms with Crippen LogP contribution in [0.25, 0.3) is 0 Å². The highest BCUT2D eigenvalue weighted by atomic mass is 16.2. The van der Waals surface area contributed by atoms with Gasteiger partial charge < -0.3 is 5.32 Å². The van der Waals surface area contributed by atoms with E-state index in [1.165, 1.54) is 11.4 Å². The molecule has 0 spiro atoms. The molecule has 6 heteroatoms. The maximum Gasteiger partial charge on any atom is 0.267 e. The van der Waals surface area contributed by atoms with Crippen molar-refractivity contribution >= 4 is 17.5 Å². The fourth-order valence-electron chi connectivity index (χ4n) is 3.50. The first kappa shape index (κ1) is 17.6. The van der Waals surface area contributed by atoms with Crippen LogP contribution in [0.2, 0.25) is 0 Å². The van der Waals surface area contributed by atoms with Crippen molar-refractivity contribution < 1.29 is 9.59 Å². The zero-order valence-electron chi connectivity index (χ0n) is 14.8. The van der Waals surface area contributed by atoms with Crippen molar-refractivity contribution in [3.63, 3.8) is 0 Å². The third-order valence-corrected chi connectivity index (χ3v) is 4.95. The largest absolute Gasteiger partial charge is 0.349 e. The van der Waals surface area contributed by atoms with Crippen molar-refractivity contribution in [1.82, 2.24) is 15.2 Å². The highest BCUT2D eigenvalue weighted by molar-refractivity contribution is 6.39. The number of carbonyl (C=O) groups is 2. The second-order valence-corrected chi connectivity index (χ2v) is 6.62. The number of hydrogen-bond donors (Lipinski definition) is 1. The predicted octanol–water partition coefficient (Wildman–Crippen LogP) is 1.77. The second-order valence-electron chi connectivity index (χ2n) is 6.62. The van der Waals surface area contributed by atoms with Crippen LogP contribution in [0.1, 0.15) is 38.2 Å². The van der Waals surface area contributed by atoms with E-state index in [1.807, 2.05) is 30.3 Å². The molecule has 1 N–H and O–H groups in total. The lowest BCUT2D eigenvalue weighted by Gasteiger charge is -2.25. The molecule has 0 bridgehead atoms. The Labute approximate surface area is 148 Å². The van der Waals surface area contributed by atoms with E-state index in [9.17, 15) is 9.59 Å². The van der Waals surface area contributed by atoms with Gasteiger partial charge in [-0.3, -0.25) is 14.5 Å². The van der Waals surface area contributed by atoms with E-state index in [0.717, 1.165) is 25.1 Å². The van der Waals surface area contributed by atoms with Crippen LogP contribution in [0.4, 0.5) is 0 Å². The van der Waals surface area contributed by atoms with Crippen LogP contribution in [0.3, 0.4) is 0 Å². The quantitative estimate of drug-likeness (QED) is 0.857. The van der Waals surface area contributed by atoms with Crippen LogP contribution in [0.5, 0.6) is 0 Å². The van der Waals surface area contributed by atoms with Crippen LogP contribution in [-0.2, 0) is 16.1 Å². The van der Waals surface area contributed by atoms with Gasteiger partial charge in [-0.25, -0.2) is 5.01 Å². The van der Waals surface area contributed by atoms with Gasteiger partial charge in [0.15, 0.2) is 0 Å². The molecule has 1 aromatic carbocycles. The number of rotatable bonds is 6. The maximum absolute atomic E-state index is 12.5. The number of nitrogens with zero attached hydrogens (tertiary/aromatic N) is 3. The van der Waals surface area contributed by atoms with Crippen LogP contribution in [0, 0.1) is 0 Å². The summed E-state index contributed by atoms with van der Waals surface area (Å²) < 4.78 is 0. The molecular weight excluding hydrogens is 316 g/mol. The van der Waals surface area contributed by atoms with Gasteiger partial charge in [0.1, 0.15) is 5.71 Å². The van der Waals surface area contributed by atoms with E-state index in [1.54, 1.807) is 0 Å². The third kappa shape index (κ3) is 4.45. The summed E-state index contributed by atoms with van der Waals surface area (Å²) in [7, 11) is 0. The summed E-state index contributed by atoms with van der Waals surface area (Å²) in [6.45, 7) is 5.33. The van der Waals surface area contributed by atoms with E-state index in [4.69, 9.17) is 0 Å². The van der Waals surface area contributed by atoms with Crippen LogP contribution < -0.4 is 5.32 Å². The minimum Gasteiger partial charge on any atom is -0.349 e. The molecule has 2 aliphatic heterocycles. The molecule has 134 valence electrons. The van der Waals surface area contributed by atoms with E-state index in [0.29, 0.717) is 37.7 Å². The van der Waals surface area contributed by atoms with Gasteiger partial charge in [-0.05, 0) is 31.5 Å². The van der Waals surface area contributed by atoms with Crippen molar-refractivity contribution in [1.29, 1.82) is 0 Å². The molecule has 0 aliphatic carbocycles. The van der Waals surface area contributed by atoms with Gasteiger partial charge >= 0.3 is 0 Å². The zero-order chi connectivity index (χ0) is 17.6. The summed E-state index contributed by atoms with van der Waals surface area (Å²) in [5, 5.41) is 8.74. The Bertz CT molecular complexity index is 644. The van der Waals surface area contributed by atoms with E-state index in [-0.39, 0.29) is 11.8 Å².